The van der Waals surface area contributed by atoms with E-state index in [4.69, 9.17) is 16.3 Å². The van der Waals surface area contributed by atoms with Gasteiger partial charge in [0.25, 0.3) is 0 Å². The van der Waals surface area contributed by atoms with Gasteiger partial charge in [-0.15, -0.1) is 0 Å². The Labute approximate surface area is 207 Å². The molecule has 8 nitrogen and oxygen atoms in total. The third-order valence-corrected chi connectivity index (χ3v) is 8.89. The molecule has 0 saturated carbocycles. The fourth-order valence-corrected chi connectivity index (χ4v) is 6.36. The van der Waals surface area contributed by atoms with Gasteiger partial charge >= 0.3 is 0 Å². The number of nitrogens with zero attached hydrogens (tertiary/aromatic N) is 2. The van der Waals surface area contributed by atoms with Gasteiger partial charge in [-0.1, -0.05) is 37.6 Å². The largest absolute Gasteiger partial charge is 0.488 e. The van der Waals surface area contributed by atoms with E-state index >= 15 is 0 Å². The van der Waals surface area contributed by atoms with Crippen molar-refractivity contribution in [3.63, 3.8) is 0 Å². The van der Waals surface area contributed by atoms with Crippen molar-refractivity contribution in [3.05, 3.63) is 59.1 Å². The molecule has 1 aliphatic rings. The van der Waals surface area contributed by atoms with Gasteiger partial charge in [0.1, 0.15) is 18.0 Å². The summed E-state index contributed by atoms with van der Waals surface area (Å²) in [4.78, 5) is 0.141. The van der Waals surface area contributed by atoms with Crippen molar-refractivity contribution in [2.24, 2.45) is 5.92 Å². The Bertz CT molecular complexity index is 1170. The van der Waals surface area contributed by atoms with Gasteiger partial charge in [-0.3, -0.25) is 0 Å². The van der Waals surface area contributed by atoms with E-state index in [0.717, 1.165) is 11.8 Å². The van der Waals surface area contributed by atoms with Crippen molar-refractivity contribution in [2.75, 3.05) is 25.9 Å². The minimum Gasteiger partial charge on any atom is -0.488 e. The molecule has 0 bridgehead atoms. The molecule has 1 aliphatic heterocycles. The number of aliphatic hydroxyl groups excluding tert-OH is 1. The molecule has 0 amide bonds. The first kappa shape index (κ1) is 26.9. The zero-order chi connectivity index (χ0) is 25.1. The lowest BCUT2D eigenvalue weighted by molar-refractivity contribution is -0.00449. The summed E-state index contributed by atoms with van der Waals surface area (Å²) in [6.07, 6.45) is -0.122. The summed E-state index contributed by atoms with van der Waals surface area (Å²) >= 11 is 5.95. The number of benzene rings is 2. The van der Waals surface area contributed by atoms with E-state index < -0.39 is 32.3 Å². The van der Waals surface area contributed by atoms with Crippen LogP contribution in [0.5, 0.6) is 5.75 Å². The van der Waals surface area contributed by atoms with Crippen LogP contribution in [0.1, 0.15) is 25.8 Å². The second-order valence-corrected chi connectivity index (χ2v) is 13.3. The molecule has 188 valence electrons. The first-order valence-electron chi connectivity index (χ1n) is 11.0. The Morgan fingerprint density at radius 2 is 1.71 bits per heavy atom. The highest BCUT2D eigenvalue weighted by Gasteiger charge is 2.33. The van der Waals surface area contributed by atoms with Crippen LogP contribution in [-0.2, 0) is 26.6 Å². The molecule has 0 spiro atoms. The van der Waals surface area contributed by atoms with Gasteiger partial charge in [-0.25, -0.2) is 16.8 Å². The van der Waals surface area contributed by atoms with Gasteiger partial charge < -0.3 is 9.84 Å². The van der Waals surface area contributed by atoms with Crippen molar-refractivity contribution >= 4 is 31.6 Å². The molecule has 0 radical (unpaired) electrons. The Kier molecular flexibility index (Phi) is 8.65. The number of aliphatic hydroxyl groups is 1. The molecule has 1 saturated heterocycles. The van der Waals surface area contributed by atoms with Crippen LogP contribution < -0.4 is 4.74 Å². The van der Waals surface area contributed by atoms with Crippen LogP contribution in [0.4, 0.5) is 0 Å². The van der Waals surface area contributed by atoms with E-state index in [-0.39, 0.29) is 30.4 Å². The van der Waals surface area contributed by atoms with Crippen molar-refractivity contribution in [2.45, 2.75) is 43.9 Å². The van der Waals surface area contributed by atoms with Gasteiger partial charge in [-0.2, -0.15) is 8.61 Å². The molecule has 34 heavy (non-hydrogen) atoms. The minimum absolute atomic E-state index is 0.0369. The maximum atomic E-state index is 13.4. The molecular formula is C23H31ClN2O6S2. The molecule has 2 atom stereocenters. The maximum Gasteiger partial charge on any atom is 0.243 e. The zero-order valence-corrected chi connectivity index (χ0v) is 21.9. The molecule has 2 unspecified atom stereocenters. The summed E-state index contributed by atoms with van der Waals surface area (Å²) in [7, 11) is -7.15. The highest BCUT2D eigenvalue weighted by molar-refractivity contribution is 7.89. The minimum atomic E-state index is -3.77. The molecule has 0 aliphatic carbocycles. The lowest BCUT2D eigenvalue weighted by Crippen LogP contribution is -2.50. The monoisotopic (exact) mass is 530 g/mol. The van der Waals surface area contributed by atoms with Crippen LogP contribution in [0, 0.1) is 5.92 Å². The van der Waals surface area contributed by atoms with Crippen molar-refractivity contribution < 1.29 is 26.7 Å². The molecule has 11 heteroatoms. The van der Waals surface area contributed by atoms with E-state index in [0.29, 0.717) is 23.7 Å². The summed E-state index contributed by atoms with van der Waals surface area (Å²) in [6, 6.07) is 13.2. The molecule has 1 N–H and O–H groups in total. The second-order valence-electron chi connectivity index (χ2n) is 8.92. The van der Waals surface area contributed by atoms with Crippen molar-refractivity contribution in [1.29, 1.82) is 0 Å². The van der Waals surface area contributed by atoms with Gasteiger partial charge in [0.2, 0.25) is 20.0 Å². The Balaban J connectivity index is 1.72. The maximum absolute atomic E-state index is 13.4. The number of sulfonamides is 2. The average Bonchev–Trinajstić information content (AvgIpc) is 2.75. The van der Waals surface area contributed by atoms with Crippen molar-refractivity contribution in [1.82, 2.24) is 8.61 Å². The van der Waals surface area contributed by atoms with Gasteiger partial charge in [0.05, 0.1) is 11.2 Å². The van der Waals surface area contributed by atoms with E-state index in [1.807, 2.05) is 26.0 Å². The number of halogens is 1. The summed E-state index contributed by atoms with van der Waals surface area (Å²) in [6.45, 7) is 4.71. The molecule has 0 aromatic heterocycles. The van der Waals surface area contributed by atoms with Gasteiger partial charge in [0, 0.05) is 37.6 Å². The predicted molar refractivity (Wildman–Crippen MR) is 132 cm³/mol. The first-order valence-corrected chi connectivity index (χ1v) is 14.7. The molecule has 1 heterocycles. The van der Waals surface area contributed by atoms with E-state index in [9.17, 15) is 21.9 Å². The molecule has 3 rings (SSSR count). The van der Waals surface area contributed by atoms with Gasteiger partial charge in [0.15, 0.2) is 0 Å². The van der Waals surface area contributed by atoms with E-state index in [2.05, 4.69) is 0 Å². The Morgan fingerprint density at radius 1 is 1.09 bits per heavy atom. The number of β-amino-alcohol motifs (C(OH)–C–C–N with tert-alkyl or cyclic N) is 1. The Hall–Kier alpha value is -1.69. The lowest BCUT2D eigenvalue weighted by Gasteiger charge is -2.34. The standard InChI is InChI=1S/C23H31ClN2O6S2/c1-17(2)14-26(15-18-4-6-19(24)7-5-18)34(30,31)21-10-8-20(9-11-21)32-23-12-13-25(16-22(23)27)33(3,28)29/h4-11,17,22-23,27H,12-16H2,1-3H3. The second kappa shape index (κ2) is 10.9. The molecular weight excluding hydrogens is 500 g/mol. The lowest BCUT2D eigenvalue weighted by atomic mass is 10.1. The highest BCUT2D eigenvalue weighted by Crippen LogP contribution is 2.25. The fourth-order valence-electron chi connectivity index (χ4n) is 3.78. The van der Waals surface area contributed by atoms with E-state index in [1.54, 1.807) is 24.3 Å². The van der Waals surface area contributed by atoms with Crippen LogP contribution in [0.15, 0.2) is 53.4 Å². The molecule has 1 fully saturated rings. The normalized spacial score (nSPS) is 20.1. The molecule has 2 aromatic rings. The zero-order valence-electron chi connectivity index (χ0n) is 19.5. The molecule has 2 aromatic carbocycles. The number of piperidine rings is 1. The highest BCUT2D eigenvalue weighted by atomic mass is 35.5. The fraction of sp³-hybridized carbons (Fsp3) is 0.478. The summed E-state index contributed by atoms with van der Waals surface area (Å²) < 4.78 is 58.6. The number of rotatable bonds is 9. The SMILES string of the molecule is CC(C)CN(Cc1ccc(Cl)cc1)S(=O)(=O)c1ccc(OC2CCN(S(C)(=O)=O)CC2O)cc1. The Morgan fingerprint density at radius 3 is 2.24 bits per heavy atom. The van der Waals surface area contributed by atoms with Crippen LogP contribution in [0.3, 0.4) is 0 Å². The third-order valence-electron chi connectivity index (χ3n) is 5.54. The van der Waals surface area contributed by atoms with Crippen LogP contribution in [0.2, 0.25) is 5.02 Å². The number of hydrogen-bond donors (Lipinski definition) is 1. The van der Waals surface area contributed by atoms with Crippen LogP contribution >= 0.6 is 11.6 Å². The third kappa shape index (κ3) is 6.93. The smallest absolute Gasteiger partial charge is 0.243 e. The van der Waals surface area contributed by atoms with Crippen LogP contribution in [0.25, 0.3) is 0 Å². The number of hydrogen-bond acceptors (Lipinski definition) is 6. The van der Waals surface area contributed by atoms with E-state index in [1.165, 1.54) is 20.7 Å². The summed E-state index contributed by atoms with van der Waals surface area (Å²) in [5.41, 5.74) is 0.836. The van der Waals surface area contributed by atoms with Gasteiger partial charge in [-0.05, 0) is 47.9 Å². The quantitative estimate of drug-likeness (QED) is 0.534. The number of ether oxygens (including phenoxy) is 1. The summed E-state index contributed by atoms with van der Waals surface area (Å²) in [5.74, 6) is 0.535. The average molecular weight is 531 g/mol. The summed E-state index contributed by atoms with van der Waals surface area (Å²) in [5, 5.41) is 10.9. The first-order chi connectivity index (χ1) is 15.9. The van der Waals surface area contributed by atoms with Crippen molar-refractivity contribution in [3.8, 4) is 5.75 Å². The van der Waals surface area contributed by atoms with Crippen LogP contribution in [-0.4, -0.2) is 68.7 Å². The predicted octanol–water partition coefficient (Wildman–Crippen LogP) is 2.96. The topological polar surface area (TPSA) is 104 Å².